The van der Waals surface area contributed by atoms with Gasteiger partial charge in [-0.2, -0.15) is 0 Å². The molecule has 0 spiro atoms. The summed E-state index contributed by atoms with van der Waals surface area (Å²) in [5, 5.41) is 0. The van der Waals surface area contributed by atoms with Crippen molar-refractivity contribution in [2.75, 3.05) is 5.73 Å². The lowest BCUT2D eigenvalue weighted by Crippen LogP contribution is -1.99. The van der Waals surface area contributed by atoms with Crippen molar-refractivity contribution in [2.24, 2.45) is 0 Å². The van der Waals surface area contributed by atoms with E-state index in [1.165, 1.54) is 19.3 Å². The summed E-state index contributed by atoms with van der Waals surface area (Å²) in [6.45, 7) is 4.42. The first-order valence-corrected chi connectivity index (χ1v) is 6.36. The summed E-state index contributed by atoms with van der Waals surface area (Å²) in [5.41, 5.74) is 7.36. The van der Waals surface area contributed by atoms with Crippen LogP contribution in [0.5, 0.6) is 0 Å². The van der Waals surface area contributed by atoms with Gasteiger partial charge >= 0.3 is 0 Å². The summed E-state index contributed by atoms with van der Waals surface area (Å²) in [6.07, 6.45) is 4.75. The summed E-state index contributed by atoms with van der Waals surface area (Å²) < 4.78 is 0. The number of nitrogen functional groups attached to an aromatic ring is 1. The summed E-state index contributed by atoms with van der Waals surface area (Å²) >= 11 is 0. The van der Waals surface area contributed by atoms with Crippen LogP contribution in [0.3, 0.4) is 0 Å². The minimum absolute atomic E-state index is 0.505. The predicted molar refractivity (Wildman–Crippen MR) is 70.9 cm³/mol. The molecule has 0 aliphatic carbocycles. The first-order valence-electron chi connectivity index (χ1n) is 6.36. The van der Waals surface area contributed by atoms with Crippen molar-refractivity contribution in [2.45, 2.75) is 45.4 Å². The summed E-state index contributed by atoms with van der Waals surface area (Å²) in [6, 6.07) is 3.75. The molecule has 2 heterocycles. The number of pyridine rings is 1. The molecule has 2 rings (SSSR count). The highest BCUT2D eigenvalue weighted by Crippen LogP contribution is 2.24. The van der Waals surface area contributed by atoms with E-state index >= 15 is 0 Å². The van der Waals surface area contributed by atoms with Crippen molar-refractivity contribution in [3.05, 3.63) is 18.0 Å². The fraction of sp³-hybridized carbons (Fsp3) is 0.538. The third kappa shape index (κ3) is 2.57. The topological polar surface area (TPSA) is 67.6 Å². The maximum atomic E-state index is 5.66. The smallest absolute Gasteiger partial charge is 0.179 e. The molecule has 0 radical (unpaired) electrons. The SMILES string of the molecule is CCCCC(CC)c1nc2nc(N)ccc2[nH]1. The van der Waals surface area contributed by atoms with E-state index in [1.807, 2.05) is 6.07 Å². The first kappa shape index (κ1) is 11.9. The zero-order valence-electron chi connectivity index (χ0n) is 10.5. The average Bonchev–Trinajstić information content (AvgIpc) is 2.72. The Morgan fingerprint density at radius 3 is 2.82 bits per heavy atom. The number of hydrogen-bond donors (Lipinski definition) is 2. The van der Waals surface area contributed by atoms with E-state index in [9.17, 15) is 0 Å². The van der Waals surface area contributed by atoms with Crippen LogP contribution in [-0.4, -0.2) is 15.0 Å². The van der Waals surface area contributed by atoms with Crippen molar-refractivity contribution in [1.29, 1.82) is 0 Å². The molecule has 3 N–H and O–H groups in total. The molecule has 0 aliphatic rings. The van der Waals surface area contributed by atoms with Gasteiger partial charge in [-0.15, -0.1) is 0 Å². The number of nitrogens with two attached hydrogens (primary N) is 1. The zero-order valence-corrected chi connectivity index (χ0v) is 10.5. The van der Waals surface area contributed by atoms with Crippen LogP contribution in [-0.2, 0) is 0 Å². The Labute approximate surface area is 102 Å². The molecule has 4 nitrogen and oxygen atoms in total. The van der Waals surface area contributed by atoms with Crippen LogP contribution in [0.25, 0.3) is 11.2 Å². The Bertz CT molecular complexity index is 489. The molecule has 0 aromatic carbocycles. The van der Waals surface area contributed by atoms with E-state index < -0.39 is 0 Å². The van der Waals surface area contributed by atoms with Crippen LogP contribution in [0.15, 0.2) is 12.1 Å². The molecule has 1 unspecified atom stereocenters. The second-order valence-electron chi connectivity index (χ2n) is 4.48. The van der Waals surface area contributed by atoms with Gasteiger partial charge in [0.1, 0.15) is 11.6 Å². The monoisotopic (exact) mass is 232 g/mol. The largest absolute Gasteiger partial charge is 0.384 e. The molecular formula is C13H20N4. The number of aromatic amines is 1. The molecule has 0 aliphatic heterocycles. The number of H-pyrrole nitrogens is 1. The molecule has 0 saturated heterocycles. The van der Waals surface area contributed by atoms with Gasteiger partial charge in [-0.25, -0.2) is 9.97 Å². The highest BCUT2D eigenvalue weighted by molar-refractivity contribution is 5.72. The number of nitrogens with one attached hydrogen (secondary N) is 1. The fourth-order valence-electron chi connectivity index (χ4n) is 2.10. The molecule has 0 bridgehead atoms. The van der Waals surface area contributed by atoms with Gasteiger partial charge in [-0.1, -0.05) is 26.7 Å². The zero-order chi connectivity index (χ0) is 12.3. The number of hydrogen-bond acceptors (Lipinski definition) is 3. The molecule has 92 valence electrons. The van der Waals surface area contributed by atoms with E-state index in [0.29, 0.717) is 11.7 Å². The lowest BCUT2D eigenvalue weighted by molar-refractivity contribution is 0.549. The van der Waals surface area contributed by atoms with Crippen molar-refractivity contribution < 1.29 is 0 Å². The second-order valence-corrected chi connectivity index (χ2v) is 4.48. The van der Waals surface area contributed by atoms with Crippen molar-refractivity contribution in [3.8, 4) is 0 Å². The summed E-state index contributed by atoms with van der Waals surface area (Å²) in [7, 11) is 0. The molecular weight excluding hydrogens is 212 g/mol. The maximum Gasteiger partial charge on any atom is 0.179 e. The summed E-state index contributed by atoms with van der Waals surface area (Å²) in [5.74, 6) is 2.08. The minimum Gasteiger partial charge on any atom is -0.384 e. The van der Waals surface area contributed by atoms with Crippen LogP contribution in [0.2, 0.25) is 0 Å². The van der Waals surface area contributed by atoms with Gasteiger partial charge in [-0.3, -0.25) is 0 Å². The Morgan fingerprint density at radius 2 is 2.12 bits per heavy atom. The summed E-state index contributed by atoms with van der Waals surface area (Å²) in [4.78, 5) is 12.1. The number of aromatic nitrogens is 3. The van der Waals surface area contributed by atoms with E-state index in [4.69, 9.17) is 5.73 Å². The molecule has 17 heavy (non-hydrogen) atoms. The molecule has 4 heteroatoms. The van der Waals surface area contributed by atoms with Crippen LogP contribution in [0.4, 0.5) is 5.82 Å². The van der Waals surface area contributed by atoms with E-state index in [0.717, 1.165) is 23.4 Å². The van der Waals surface area contributed by atoms with Crippen LogP contribution in [0, 0.1) is 0 Å². The minimum atomic E-state index is 0.505. The first-order chi connectivity index (χ1) is 8.24. The van der Waals surface area contributed by atoms with Gasteiger partial charge < -0.3 is 10.7 Å². The maximum absolute atomic E-state index is 5.66. The highest BCUT2D eigenvalue weighted by Gasteiger charge is 2.14. The standard InChI is InChI=1S/C13H20N4/c1-3-5-6-9(4-2)12-15-10-7-8-11(14)16-13(10)17-12/h7-9H,3-6H2,1-2H3,(H3,14,15,16,17). The van der Waals surface area contributed by atoms with Gasteiger partial charge in [0, 0.05) is 5.92 Å². The van der Waals surface area contributed by atoms with Crippen molar-refractivity contribution >= 4 is 17.0 Å². The van der Waals surface area contributed by atoms with Crippen molar-refractivity contribution in [3.63, 3.8) is 0 Å². The third-order valence-corrected chi connectivity index (χ3v) is 3.17. The van der Waals surface area contributed by atoms with Gasteiger partial charge in [0.15, 0.2) is 5.65 Å². The van der Waals surface area contributed by atoms with E-state index in [1.54, 1.807) is 6.07 Å². The predicted octanol–water partition coefficient (Wildman–Crippen LogP) is 3.22. The molecule has 2 aromatic rings. The third-order valence-electron chi connectivity index (χ3n) is 3.17. The fourth-order valence-corrected chi connectivity index (χ4v) is 2.10. The molecule has 0 amide bonds. The molecule has 0 fully saturated rings. The van der Waals surface area contributed by atoms with Crippen LogP contribution < -0.4 is 5.73 Å². The lowest BCUT2D eigenvalue weighted by atomic mass is 9.99. The average molecular weight is 232 g/mol. The van der Waals surface area contributed by atoms with Crippen LogP contribution in [0.1, 0.15) is 51.3 Å². The van der Waals surface area contributed by atoms with Gasteiger partial charge in [0.05, 0.1) is 5.52 Å². The van der Waals surface area contributed by atoms with Crippen LogP contribution >= 0.6 is 0 Å². The highest BCUT2D eigenvalue weighted by atomic mass is 15.0. The Morgan fingerprint density at radius 1 is 1.29 bits per heavy atom. The normalized spacial score (nSPS) is 13.1. The number of rotatable bonds is 5. The van der Waals surface area contributed by atoms with Gasteiger partial charge in [-0.05, 0) is 25.0 Å². The molecule has 2 aromatic heterocycles. The Kier molecular flexibility index (Phi) is 3.61. The number of unbranched alkanes of at least 4 members (excludes halogenated alkanes) is 1. The molecule has 0 saturated carbocycles. The number of anilines is 1. The van der Waals surface area contributed by atoms with E-state index in [2.05, 4.69) is 28.8 Å². The Hall–Kier alpha value is -1.58. The number of nitrogens with zero attached hydrogens (tertiary/aromatic N) is 2. The second kappa shape index (κ2) is 5.17. The van der Waals surface area contributed by atoms with Gasteiger partial charge in [0.25, 0.3) is 0 Å². The van der Waals surface area contributed by atoms with Gasteiger partial charge in [0.2, 0.25) is 0 Å². The number of fused-ring (bicyclic) bond motifs is 1. The quantitative estimate of drug-likeness (QED) is 0.831. The van der Waals surface area contributed by atoms with E-state index in [-0.39, 0.29) is 0 Å². The molecule has 1 atom stereocenters. The van der Waals surface area contributed by atoms with Crippen molar-refractivity contribution in [1.82, 2.24) is 15.0 Å². The Balaban J connectivity index is 2.27. The number of imidazole rings is 1. The lowest BCUT2D eigenvalue weighted by Gasteiger charge is -2.10.